The first-order valence-electron chi connectivity index (χ1n) is 8.87. The number of methoxy groups -OCH3 is 1. The number of amides is 2. The van der Waals surface area contributed by atoms with Gasteiger partial charge in [0.05, 0.1) is 7.11 Å². The minimum Gasteiger partial charge on any atom is -0.504 e. The molecule has 0 spiro atoms. The van der Waals surface area contributed by atoms with Crippen LogP contribution in [0.1, 0.15) is 24.2 Å². The summed E-state index contributed by atoms with van der Waals surface area (Å²) in [6.07, 6.45) is 1.10. The highest BCUT2D eigenvalue weighted by Gasteiger charge is 2.23. The van der Waals surface area contributed by atoms with Crippen LogP contribution < -0.4 is 15.5 Å². The van der Waals surface area contributed by atoms with E-state index in [1.807, 2.05) is 19.1 Å². The zero-order chi connectivity index (χ0) is 21.4. The Bertz CT molecular complexity index is 879. The summed E-state index contributed by atoms with van der Waals surface area (Å²) in [4.78, 5) is 23.7. The lowest BCUT2D eigenvalue weighted by Crippen LogP contribution is -2.22. The number of phenols is 1. The highest BCUT2D eigenvalue weighted by molar-refractivity contribution is 5.86. The van der Waals surface area contributed by atoms with E-state index in [0.717, 1.165) is 11.6 Å². The second-order valence-corrected chi connectivity index (χ2v) is 6.44. The molecule has 2 atom stereocenters. The molecule has 154 valence electrons. The standard InChI is InChI=1S/C21H24N2O6/c1-13-4-8-16(9-5-13)22-21(26)29-20(14(2)6-11-19(25)23-27)15-7-10-18(28-3)17(24)12-15/h4-12,14,20,24,27H,1-3H3,(H,22,26)(H,23,25)/b11-6+/t14-,20-/m0/s1. The van der Waals surface area contributed by atoms with Crippen LogP contribution in [-0.4, -0.2) is 29.4 Å². The molecule has 0 aliphatic carbocycles. The fourth-order valence-corrected chi connectivity index (χ4v) is 2.64. The molecule has 0 saturated heterocycles. The molecule has 0 heterocycles. The van der Waals surface area contributed by atoms with Gasteiger partial charge < -0.3 is 14.6 Å². The van der Waals surface area contributed by atoms with Crippen molar-refractivity contribution in [3.8, 4) is 11.5 Å². The number of anilines is 1. The summed E-state index contributed by atoms with van der Waals surface area (Å²) in [6.45, 7) is 3.66. The van der Waals surface area contributed by atoms with Gasteiger partial charge in [-0.1, -0.05) is 36.8 Å². The highest BCUT2D eigenvalue weighted by Crippen LogP contribution is 2.34. The van der Waals surface area contributed by atoms with Crippen LogP contribution in [0.2, 0.25) is 0 Å². The molecule has 2 aromatic carbocycles. The van der Waals surface area contributed by atoms with Crippen molar-refractivity contribution in [2.24, 2.45) is 5.92 Å². The maximum atomic E-state index is 12.4. The molecule has 0 saturated carbocycles. The van der Waals surface area contributed by atoms with Gasteiger partial charge in [0.25, 0.3) is 5.91 Å². The molecule has 2 aromatic rings. The Morgan fingerprint density at radius 2 is 1.83 bits per heavy atom. The molecule has 8 heteroatoms. The fourth-order valence-electron chi connectivity index (χ4n) is 2.64. The van der Waals surface area contributed by atoms with Crippen molar-refractivity contribution in [3.05, 3.63) is 65.7 Å². The first-order chi connectivity index (χ1) is 13.8. The molecular formula is C21H24N2O6. The minimum atomic E-state index is -0.819. The molecule has 0 aliphatic heterocycles. The Kier molecular flexibility index (Phi) is 7.62. The maximum Gasteiger partial charge on any atom is 0.412 e. The number of aromatic hydroxyl groups is 1. The number of nitrogens with one attached hydrogen (secondary N) is 2. The molecule has 8 nitrogen and oxygen atoms in total. The van der Waals surface area contributed by atoms with Crippen molar-refractivity contribution in [2.75, 3.05) is 12.4 Å². The first-order valence-corrected chi connectivity index (χ1v) is 8.87. The maximum absolute atomic E-state index is 12.4. The lowest BCUT2D eigenvalue weighted by atomic mass is 9.96. The Morgan fingerprint density at radius 3 is 2.41 bits per heavy atom. The van der Waals surface area contributed by atoms with Gasteiger partial charge in [0, 0.05) is 17.7 Å². The van der Waals surface area contributed by atoms with E-state index in [1.165, 1.54) is 24.7 Å². The van der Waals surface area contributed by atoms with Crippen molar-refractivity contribution < 1.29 is 29.4 Å². The molecule has 0 aliphatic rings. The Morgan fingerprint density at radius 1 is 1.14 bits per heavy atom. The topological polar surface area (TPSA) is 117 Å². The lowest BCUT2D eigenvalue weighted by molar-refractivity contribution is -0.124. The van der Waals surface area contributed by atoms with E-state index in [0.29, 0.717) is 11.3 Å². The number of hydroxylamine groups is 1. The van der Waals surface area contributed by atoms with Crippen LogP contribution in [0.15, 0.2) is 54.6 Å². The molecular weight excluding hydrogens is 376 g/mol. The number of rotatable bonds is 7. The van der Waals surface area contributed by atoms with Gasteiger partial charge >= 0.3 is 6.09 Å². The third kappa shape index (κ3) is 6.25. The quantitative estimate of drug-likeness (QED) is 0.320. The van der Waals surface area contributed by atoms with Gasteiger partial charge in [-0.15, -0.1) is 0 Å². The van der Waals surface area contributed by atoms with Gasteiger partial charge in [0.1, 0.15) is 6.10 Å². The van der Waals surface area contributed by atoms with Crippen LogP contribution in [-0.2, 0) is 9.53 Å². The van der Waals surface area contributed by atoms with E-state index >= 15 is 0 Å². The van der Waals surface area contributed by atoms with E-state index in [1.54, 1.807) is 31.2 Å². The van der Waals surface area contributed by atoms with Crippen molar-refractivity contribution in [3.63, 3.8) is 0 Å². The zero-order valence-corrected chi connectivity index (χ0v) is 16.4. The molecule has 0 fully saturated rings. The first kappa shape index (κ1) is 21.8. The van der Waals surface area contributed by atoms with Crippen LogP contribution >= 0.6 is 0 Å². The van der Waals surface area contributed by atoms with Gasteiger partial charge in [-0.25, -0.2) is 10.3 Å². The molecule has 0 aromatic heterocycles. The lowest BCUT2D eigenvalue weighted by Gasteiger charge is -2.23. The Labute approximate surface area is 168 Å². The Hall–Kier alpha value is -3.52. The second kappa shape index (κ2) is 10.1. The number of aryl methyl sites for hydroxylation is 1. The largest absolute Gasteiger partial charge is 0.504 e. The number of benzene rings is 2. The predicted molar refractivity (Wildman–Crippen MR) is 107 cm³/mol. The van der Waals surface area contributed by atoms with Crippen molar-refractivity contribution in [1.29, 1.82) is 0 Å². The normalized spacial score (nSPS) is 12.8. The summed E-state index contributed by atoms with van der Waals surface area (Å²) in [7, 11) is 1.43. The van der Waals surface area contributed by atoms with Crippen LogP contribution in [0.3, 0.4) is 0 Å². The SMILES string of the molecule is COc1ccc([C@@H](OC(=O)Nc2ccc(C)cc2)[C@@H](C)/C=C/C(=O)NO)cc1O. The molecule has 0 radical (unpaired) electrons. The van der Waals surface area contributed by atoms with Gasteiger partial charge in [0.15, 0.2) is 11.5 Å². The average molecular weight is 400 g/mol. The molecule has 2 rings (SSSR count). The number of ether oxygens (including phenoxy) is 2. The van der Waals surface area contributed by atoms with Crippen LogP contribution in [0.4, 0.5) is 10.5 Å². The molecule has 0 bridgehead atoms. The monoisotopic (exact) mass is 400 g/mol. The van der Waals surface area contributed by atoms with Gasteiger partial charge in [-0.3, -0.25) is 15.3 Å². The van der Waals surface area contributed by atoms with Crippen LogP contribution in [0, 0.1) is 12.8 Å². The summed E-state index contributed by atoms with van der Waals surface area (Å²) < 4.78 is 10.6. The third-order valence-corrected chi connectivity index (χ3v) is 4.20. The summed E-state index contributed by atoms with van der Waals surface area (Å²) in [6, 6.07) is 11.8. The Balaban J connectivity index is 2.24. The van der Waals surface area contributed by atoms with E-state index in [4.69, 9.17) is 14.7 Å². The smallest absolute Gasteiger partial charge is 0.412 e. The summed E-state index contributed by atoms with van der Waals surface area (Å²) in [5.41, 5.74) is 3.62. The van der Waals surface area contributed by atoms with Crippen molar-refractivity contribution in [2.45, 2.75) is 20.0 Å². The van der Waals surface area contributed by atoms with Crippen molar-refractivity contribution >= 4 is 17.7 Å². The van der Waals surface area contributed by atoms with Gasteiger partial charge in [-0.2, -0.15) is 0 Å². The highest BCUT2D eigenvalue weighted by atomic mass is 16.6. The van der Waals surface area contributed by atoms with Gasteiger partial charge in [0.2, 0.25) is 0 Å². The predicted octanol–water partition coefficient (Wildman–Crippen LogP) is 3.70. The minimum absolute atomic E-state index is 0.109. The summed E-state index contributed by atoms with van der Waals surface area (Å²) >= 11 is 0. The van der Waals surface area contributed by atoms with Crippen LogP contribution in [0.5, 0.6) is 11.5 Å². The number of phenolic OH excluding ortho intramolecular Hbond substituents is 1. The summed E-state index contributed by atoms with van der Waals surface area (Å²) in [5, 5.41) is 21.4. The summed E-state index contributed by atoms with van der Waals surface area (Å²) in [5.74, 6) is -0.998. The molecule has 2 amide bonds. The number of hydrogen-bond acceptors (Lipinski definition) is 6. The average Bonchev–Trinajstić information content (AvgIpc) is 2.71. The number of carbonyl (C=O) groups is 2. The fraction of sp³-hybridized carbons (Fsp3) is 0.238. The second-order valence-electron chi connectivity index (χ2n) is 6.44. The molecule has 0 unspecified atom stereocenters. The van der Waals surface area contributed by atoms with Gasteiger partial charge in [-0.05, 0) is 36.8 Å². The number of hydrogen-bond donors (Lipinski definition) is 4. The number of carbonyl (C=O) groups excluding carboxylic acids is 2. The van der Waals surface area contributed by atoms with Crippen LogP contribution in [0.25, 0.3) is 0 Å². The van der Waals surface area contributed by atoms with E-state index in [2.05, 4.69) is 5.32 Å². The van der Waals surface area contributed by atoms with E-state index in [9.17, 15) is 14.7 Å². The molecule has 29 heavy (non-hydrogen) atoms. The third-order valence-electron chi connectivity index (χ3n) is 4.20. The van der Waals surface area contributed by atoms with Crippen molar-refractivity contribution in [1.82, 2.24) is 5.48 Å². The van der Waals surface area contributed by atoms with E-state index in [-0.39, 0.29) is 11.5 Å². The molecule has 4 N–H and O–H groups in total. The zero-order valence-electron chi connectivity index (χ0n) is 16.4. The van der Waals surface area contributed by atoms with E-state index < -0.39 is 24.0 Å².